The number of hydrogen-bond donors (Lipinski definition) is 2. The third kappa shape index (κ3) is 3.69. The number of amides is 1. The molecule has 1 aliphatic rings. The van der Waals surface area contributed by atoms with Gasteiger partial charge in [-0.05, 0) is 43.7 Å². The fraction of sp³-hybridized carbons (Fsp3) is 0.600. The van der Waals surface area contributed by atoms with E-state index in [0.29, 0.717) is 17.4 Å². The quantitative estimate of drug-likeness (QED) is 0.856. The predicted octanol–water partition coefficient (Wildman–Crippen LogP) is 2.95. The van der Waals surface area contributed by atoms with Gasteiger partial charge in [-0.15, -0.1) is 0 Å². The molecule has 0 spiro atoms. The van der Waals surface area contributed by atoms with Gasteiger partial charge in [-0.25, -0.2) is 4.98 Å². The van der Waals surface area contributed by atoms with Crippen LogP contribution in [-0.2, 0) is 0 Å². The van der Waals surface area contributed by atoms with Crippen molar-refractivity contribution in [3.8, 4) is 0 Å². The molecule has 0 atom stereocenters. The SMILES string of the molecule is CCCC1CCC(Nc2ncccc2C(N)=O)CC1. The van der Waals surface area contributed by atoms with Gasteiger partial charge in [-0.1, -0.05) is 19.8 Å². The molecule has 0 bridgehead atoms. The van der Waals surface area contributed by atoms with Crippen molar-refractivity contribution in [2.24, 2.45) is 11.7 Å². The smallest absolute Gasteiger partial charge is 0.252 e. The number of primary amides is 1. The molecule has 2 rings (SSSR count). The third-order valence-corrected chi connectivity index (χ3v) is 3.96. The lowest BCUT2D eigenvalue weighted by molar-refractivity contribution is 0.100. The van der Waals surface area contributed by atoms with Crippen LogP contribution in [0.2, 0.25) is 0 Å². The lowest BCUT2D eigenvalue weighted by Crippen LogP contribution is -2.28. The van der Waals surface area contributed by atoms with Crippen molar-refractivity contribution in [3.05, 3.63) is 23.9 Å². The van der Waals surface area contributed by atoms with Gasteiger partial charge in [0.2, 0.25) is 0 Å². The van der Waals surface area contributed by atoms with Gasteiger partial charge >= 0.3 is 0 Å². The number of rotatable bonds is 5. The Labute approximate surface area is 114 Å². The number of aromatic nitrogens is 1. The first-order chi connectivity index (χ1) is 9.20. The number of anilines is 1. The molecule has 19 heavy (non-hydrogen) atoms. The topological polar surface area (TPSA) is 68.0 Å². The van der Waals surface area contributed by atoms with Crippen molar-refractivity contribution in [2.45, 2.75) is 51.5 Å². The normalized spacial score (nSPS) is 23.0. The Kier molecular flexibility index (Phi) is 4.77. The molecule has 1 aromatic rings. The van der Waals surface area contributed by atoms with Gasteiger partial charge in [0.05, 0.1) is 5.56 Å². The highest BCUT2D eigenvalue weighted by molar-refractivity contribution is 5.97. The van der Waals surface area contributed by atoms with Crippen LogP contribution >= 0.6 is 0 Å². The van der Waals surface area contributed by atoms with E-state index in [1.165, 1.54) is 25.7 Å². The van der Waals surface area contributed by atoms with Crippen LogP contribution < -0.4 is 11.1 Å². The first kappa shape index (κ1) is 13.8. The minimum Gasteiger partial charge on any atom is -0.367 e. The van der Waals surface area contributed by atoms with E-state index >= 15 is 0 Å². The number of nitrogens with two attached hydrogens (primary N) is 1. The second-order valence-electron chi connectivity index (χ2n) is 5.41. The standard InChI is InChI=1S/C15H23N3O/c1-2-4-11-6-8-12(9-7-11)18-15-13(14(16)19)5-3-10-17-15/h3,5,10-12H,2,4,6-9H2,1H3,(H2,16,19)(H,17,18). The number of carbonyl (C=O) groups excluding carboxylic acids is 1. The molecule has 3 N–H and O–H groups in total. The molecule has 4 heteroatoms. The molecule has 1 fully saturated rings. The monoisotopic (exact) mass is 261 g/mol. The summed E-state index contributed by atoms with van der Waals surface area (Å²) in [6, 6.07) is 3.88. The van der Waals surface area contributed by atoms with Crippen molar-refractivity contribution < 1.29 is 4.79 Å². The minimum absolute atomic E-state index is 0.418. The molecule has 1 aromatic heterocycles. The van der Waals surface area contributed by atoms with Crippen LogP contribution in [0.1, 0.15) is 55.8 Å². The van der Waals surface area contributed by atoms with Crippen molar-refractivity contribution >= 4 is 11.7 Å². The molecule has 104 valence electrons. The zero-order valence-electron chi connectivity index (χ0n) is 11.6. The van der Waals surface area contributed by atoms with Crippen molar-refractivity contribution in [2.75, 3.05) is 5.32 Å². The largest absolute Gasteiger partial charge is 0.367 e. The van der Waals surface area contributed by atoms with Gasteiger partial charge in [0.25, 0.3) is 5.91 Å². The van der Waals surface area contributed by atoms with E-state index in [9.17, 15) is 4.79 Å². The average molecular weight is 261 g/mol. The molecule has 0 radical (unpaired) electrons. The van der Waals surface area contributed by atoms with Crippen LogP contribution in [0, 0.1) is 5.92 Å². The predicted molar refractivity (Wildman–Crippen MR) is 77.0 cm³/mol. The first-order valence-corrected chi connectivity index (χ1v) is 7.22. The number of carbonyl (C=O) groups is 1. The summed E-state index contributed by atoms with van der Waals surface area (Å²) in [5.41, 5.74) is 5.85. The average Bonchev–Trinajstić information content (AvgIpc) is 2.42. The van der Waals surface area contributed by atoms with Crippen LogP contribution in [0.5, 0.6) is 0 Å². The Hall–Kier alpha value is -1.58. The number of pyridine rings is 1. The van der Waals surface area contributed by atoms with Crippen molar-refractivity contribution in [1.82, 2.24) is 4.98 Å². The second kappa shape index (κ2) is 6.55. The summed E-state index contributed by atoms with van der Waals surface area (Å²) >= 11 is 0. The van der Waals surface area contributed by atoms with Crippen LogP contribution in [0.25, 0.3) is 0 Å². The Morgan fingerprint density at radius 3 is 2.79 bits per heavy atom. The van der Waals surface area contributed by atoms with E-state index < -0.39 is 5.91 Å². The van der Waals surface area contributed by atoms with Crippen molar-refractivity contribution in [3.63, 3.8) is 0 Å². The second-order valence-corrected chi connectivity index (χ2v) is 5.41. The lowest BCUT2D eigenvalue weighted by atomic mass is 9.83. The molecule has 1 amide bonds. The molecule has 1 heterocycles. The number of nitrogens with zero attached hydrogens (tertiary/aromatic N) is 1. The molecule has 1 aliphatic carbocycles. The summed E-state index contributed by atoms with van der Waals surface area (Å²) in [7, 11) is 0. The summed E-state index contributed by atoms with van der Waals surface area (Å²) in [6.45, 7) is 2.25. The van der Waals surface area contributed by atoms with Gasteiger partial charge in [-0.3, -0.25) is 4.79 Å². The summed E-state index contributed by atoms with van der Waals surface area (Å²) in [6.07, 6.45) is 9.14. The van der Waals surface area contributed by atoms with E-state index in [2.05, 4.69) is 17.2 Å². The van der Waals surface area contributed by atoms with Crippen LogP contribution in [0.4, 0.5) is 5.82 Å². The first-order valence-electron chi connectivity index (χ1n) is 7.22. The van der Waals surface area contributed by atoms with Gasteiger partial charge in [-0.2, -0.15) is 0 Å². The number of nitrogens with one attached hydrogen (secondary N) is 1. The molecule has 0 aromatic carbocycles. The summed E-state index contributed by atoms with van der Waals surface area (Å²) in [5.74, 6) is 1.09. The molecular formula is C15H23N3O. The zero-order chi connectivity index (χ0) is 13.7. The summed E-state index contributed by atoms with van der Waals surface area (Å²) < 4.78 is 0. The molecule has 4 nitrogen and oxygen atoms in total. The zero-order valence-corrected chi connectivity index (χ0v) is 11.6. The molecule has 1 saturated carbocycles. The Morgan fingerprint density at radius 2 is 2.16 bits per heavy atom. The van der Waals surface area contributed by atoms with Crippen LogP contribution in [-0.4, -0.2) is 16.9 Å². The van der Waals surface area contributed by atoms with Crippen LogP contribution in [0.15, 0.2) is 18.3 Å². The summed E-state index contributed by atoms with van der Waals surface area (Å²) in [4.78, 5) is 15.6. The van der Waals surface area contributed by atoms with Crippen molar-refractivity contribution in [1.29, 1.82) is 0 Å². The van der Waals surface area contributed by atoms with E-state index in [4.69, 9.17) is 5.73 Å². The summed E-state index contributed by atoms with van der Waals surface area (Å²) in [5, 5.41) is 3.38. The highest BCUT2D eigenvalue weighted by atomic mass is 16.1. The highest BCUT2D eigenvalue weighted by Gasteiger charge is 2.21. The molecule has 0 unspecified atom stereocenters. The van der Waals surface area contributed by atoms with Gasteiger partial charge < -0.3 is 11.1 Å². The number of hydrogen-bond acceptors (Lipinski definition) is 3. The Bertz CT molecular complexity index is 425. The fourth-order valence-electron chi connectivity index (χ4n) is 2.92. The Balaban J connectivity index is 1.94. The molecule has 0 aliphatic heterocycles. The molecule has 0 saturated heterocycles. The van der Waals surface area contributed by atoms with Crippen LogP contribution in [0.3, 0.4) is 0 Å². The van der Waals surface area contributed by atoms with Gasteiger partial charge in [0, 0.05) is 12.2 Å². The highest BCUT2D eigenvalue weighted by Crippen LogP contribution is 2.29. The molecular weight excluding hydrogens is 238 g/mol. The maximum atomic E-state index is 11.3. The van der Waals surface area contributed by atoms with Gasteiger partial charge in [0.1, 0.15) is 5.82 Å². The fourth-order valence-corrected chi connectivity index (χ4v) is 2.92. The van der Waals surface area contributed by atoms with E-state index in [1.54, 1.807) is 18.3 Å². The van der Waals surface area contributed by atoms with Gasteiger partial charge in [0.15, 0.2) is 0 Å². The maximum absolute atomic E-state index is 11.3. The van der Waals surface area contributed by atoms with E-state index in [-0.39, 0.29) is 0 Å². The van der Waals surface area contributed by atoms with E-state index in [0.717, 1.165) is 18.8 Å². The third-order valence-electron chi connectivity index (χ3n) is 3.96. The maximum Gasteiger partial charge on any atom is 0.252 e. The Morgan fingerprint density at radius 1 is 1.42 bits per heavy atom. The lowest BCUT2D eigenvalue weighted by Gasteiger charge is -2.29. The van der Waals surface area contributed by atoms with E-state index in [1.807, 2.05) is 0 Å². The minimum atomic E-state index is -0.421.